The van der Waals surface area contributed by atoms with Crippen LogP contribution in [-0.4, -0.2) is 39.2 Å². The molecule has 1 atom stereocenters. The largest absolute Gasteiger partial charge is 0.392 e. The summed E-state index contributed by atoms with van der Waals surface area (Å²) in [6.07, 6.45) is 1.61. The first kappa shape index (κ1) is 16.9. The molecule has 1 aromatic carbocycles. The van der Waals surface area contributed by atoms with E-state index in [-0.39, 0.29) is 6.10 Å². The van der Waals surface area contributed by atoms with Crippen molar-refractivity contribution >= 4 is 5.82 Å². The van der Waals surface area contributed by atoms with Crippen LogP contribution in [-0.2, 0) is 19.5 Å². The van der Waals surface area contributed by atoms with Gasteiger partial charge in [0, 0.05) is 37.9 Å². The number of anilines is 1. The Morgan fingerprint density at radius 1 is 1.25 bits per heavy atom. The lowest BCUT2D eigenvalue weighted by atomic mass is 10.1. The number of aliphatic hydroxyl groups excluding tert-OH is 1. The molecule has 3 rings (SSSR count). The second-order valence-corrected chi connectivity index (χ2v) is 6.45. The monoisotopic (exact) mass is 326 g/mol. The minimum absolute atomic E-state index is 0.174. The Morgan fingerprint density at radius 2 is 2.04 bits per heavy atom. The normalized spacial score (nSPS) is 18.0. The van der Waals surface area contributed by atoms with Crippen LogP contribution >= 0.6 is 0 Å². The number of benzene rings is 1. The molecule has 24 heavy (non-hydrogen) atoms. The molecule has 1 aliphatic rings. The first-order valence-corrected chi connectivity index (χ1v) is 8.69. The molecule has 2 heterocycles. The van der Waals surface area contributed by atoms with E-state index in [0.717, 1.165) is 56.4 Å². The summed E-state index contributed by atoms with van der Waals surface area (Å²) in [5, 5.41) is 13.1. The average Bonchev–Trinajstić information content (AvgIpc) is 2.98. The number of hydrogen-bond donors (Lipinski definition) is 2. The highest BCUT2D eigenvalue weighted by Gasteiger charge is 2.20. The summed E-state index contributed by atoms with van der Waals surface area (Å²) in [6.45, 7) is 7.40. The van der Waals surface area contributed by atoms with Crippen molar-refractivity contribution in [3.8, 4) is 0 Å². The standard InChI is InChI=1S/C19H26N4O/c1-3-17-10-19(22-14(2)21-17)20-11-15-6-4-5-7-16(15)12-23-9-8-18(24)13-23/h4-7,10,18,24H,3,8-9,11-13H2,1-2H3,(H,20,21,22). The number of likely N-dealkylation sites (tertiary alicyclic amines) is 1. The lowest BCUT2D eigenvalue weighted by molar-refractivity contribution is 0.174. The summed E-state index contributed by atoms with van der Waals surface area (Å²) in [7, 11) is 0. The van der Waals surface area contributed by atoms with E-state index in [9.17, 15) is 5.11 Å². The molecular formula is C19H26N4O. The van der Waals surface area contributed by atoms with Crippen LogP contribution in [0.15, 0.2) is 30.3 Å². The van der Waals surface area contributed by atoms with E-state index in [1.807, 2.05) is 13.0 Å². The Hall–Kier alpha value is -1.98. The lowest BCUT2D eigenvalue weighted by Gasteiger charge is -2.18. The molecule has 0 radical (unpaired) electrons. The van der Waals surface area contributed by atoms with Crippen molar-refractivity contribution in [2.24, 2.45) is 0 Å². The minimum Gasteiger partial charge on any atom is -0.392 e. The number of nitrogens with one attached hydrogen (secondary N) is 1. The number of β-amino-alcohol motifs (C(OH)–C–C–N with tert-alkyl or cyclic N) is 1. The number of rotatable bonds is 6. The van der Waals surface area contributed by atoms with Crippen molar-refractivity contribution in [3.05, 3.63) is 53.0 Å². The highest BCUT2D eigenvalue weighted by molar-refractivity contribution is 5.39. The second kappa shape index (κ2) is 7.73. The zero-order valence-electron chi connectivity index (χ0n) is 14.5. The van der Waals surface area contributed by atoms with Gasteiger partial charge in [0.1, 0.15) is 11.6 Å². The van der Waals surface area contributed by atoms with Crippen LogP contribution in [0.3, 0.4) is 0 Å². The summed E-state index contributed by atoms with van der Waals surface area (Å²) in [5.74, 6) is 1.68. The SMILES string of the molecule is CCc1cc(NCc2ccccc2CN2CCC(O)C2)nc(C)n1. The Morgan fingerprint density at radius 3 is 2.75 bits per heavy atom. The second-order valence-electron chi connectivity index (χ2n) is 6.45. The maximum atomic E-state index is 9.71. The maximum Gasteiger partial charge on any atom is 0.130 e. The molecule has 1 unspecified atom stereocenters. The summed E-state index contributed by atoms with van der Waals surface area (Å²) in [4.78, 5) is 11.2. The molecule has 5 heteroatoms. The van der Waals surface area contributed by atoms with Crippen LogP contribution in [0.1, 0.15) is 36.0 Å². The van der Waals surface area contributed by atoms with Crippen molar-refractivity contribution in [2.45, 2.75) is 45.9 Å². The Bertz CT molecular complexity index is 689. The van der Waals surface area contributed by atoms with Crippen LogP contribution < -0.4 is 5.32 Å². The van der Waals surface area contributed by atoms with Crippen molar-refractivity contribution in [1.82, 2.24) is 14.9 Å². The first-order chi connectivity index (χ1) is 11.6. The van der Waals surface area contributed by atoms with Crippen molar-refractivity contribution < 1.29 is 5.11 Å². The van der Waals surface area contributed by atoms with Crippen molar-refractivity contribution in [2.75, 3.05) is 18.4 Å². The van der Waals surface area contributed by atoms with E-state index in [2.05, 4.69) is 51.4 Å². The molecule has 5 nitrogen and oxygen atoms in total. The molecule has 0 aliphatic carbocycles. The van der Waals surface area contributed by atoms with Crippen LogP contribution in [0.5, 0.6) is 0 Å². The molecule has 1 saturated heterocycles. The molecule has 1 fully saturated rings. The number of hydrogen-bond acceptors (Lipinski definition) is 5. The zero-order chi connectivity index (χ0) is 16.9. The van der Waals surface area contributed by atoms with Crippen molar-refractivity contribution in [3.63, 3.8) is 0 Å². The van der Waals surface area contributed by atoms with Gasteiger partial charge in [-0.1, -0.05) is 31.2 Å². The average molecular weight is 326 g/mol. The fourth-order valence-electron chi connectivity index (χ4n) is 3.17. The van der Waals surface area contributed by atoms with Gasteiger partial charge >= 0.3 is 0 Å². The van der Waals surface area contributed by atoms with Gasteiger partial charge in [0.05, 0.1) is 6.10 Å². The molecule has 0 bridgehead atoms. The lowest BCUT2D eigenvalue weighted by Crippen LogP contribution is -2.22. The van der Waals surface area contributed by atoms with Gasteiger partial charge in [-0.2, -0.15) is 0 Å². The molecule has 0 saturated carbocycles. The summed E-state index contributed by atoms with van der Waals surface area (Å²) in [6, 6.07) is 10.5. The highest BCUT2D eigenvalue weighted by atomic mass is 16.3. The number of aromatic nitrogens is 2. The highest BCUT2D eigenvalue weighted by Crippen LogP contribution is 2.18. The zero-order valence-corrected chi connectivity index (χ0v) is 14.5. The van der Waals surface area contributed by atoms with Gasteiger partial charge in [0.15, 0.2) is 0 Å². The third-order valence-electron chi connectivity index (χ3n) is 4.47. The Labute approximate surface area is 143 Å². The topological polar surface area (TPSA) is 61.3 Å². The van der Waals surface area contributed by atoms with Gasteiger partial charge in [-0.25, -0.2) is 9.97 Å². The maximum absolute atomic E-state index is 9.71. The molecule has 0 spiro atoms. The van der Waals surface area contributed by atoms with E-state index in [4.69, 9.17) is 0 Å². The van der Waals surface area contributed by atoms with Gasteiger partial charge in [-0.3, -0.25) is 4.90 Å². The quantitative estimate of drug-likeness (QED) is 0.854. The van der Waals surface area contributed by atoms with E-state index in [1.54, 1.807) is 0 Å². The van der Waals surface area contributed by atoms with E-state index in [1.165, 1.54) is 11.1 Å². The van der Waals surface area contributed by atoms with E-state index < -0.39 is 0 Å². The number of aliphatic hydroxyl groups is 1. The molecule has 128 valence electrons. The predicted octanol–water partition coefficient (Wildman–Crippen LogP) is 2.53. The van der Waals surface area contributed by atoms with Crippen LogP contribution in [0.2, 0.25) is 0 Å². The smallest absolute Gasteiger partial charge is 0.130 e. The first-order valence-electron chi connectivity index (χ1n) is 8.69. The molecule has 2 aromatic rings. The van der Waals surface area contributed by atoms with Gasteiger partial charge in [0.2, 0.25) is 0 Å². The van der Waals surface area contributed by atoms with Crippen LogP contribution in [0.25, 0.3) is 0 Å². The third-order valence-corrected chi connectivity index (χ3v) is 4.47. The molecule has 1 aromatic heterocycles. The van der Waals surface area contributed by atoms with Gasteiger partial charge < -0.3 is 10.4 Å². The molecule has 1 aliphatic heterocycles. The third kappa shape index (κ3) is 4.30. The van der Waals surface area contributed by atoms with Gasteiger partial charge in [-0.15, -0.1) is 0 Å². The molecule has 0 amide bonds. The summed E-state index contributed by atoms with van der Waals surface area (Å²) in [5.41, 5.74) is 3.64. The van der Waals surface area contributed by atoms with E-state index >= 15 is 0 Å². The fraction of sp³-hybridized carbons (Fsp3) is 0.474. The van der Waals surface area contributed by atoms with Crippen LogP contribution in [0.4, 0.5) is 5.82 Å². The summed E-state index contributed by atoms with van der Waals surface area (Å²) >= 11 is 0. The number of nitrogens with zero attached hydrogens (tertiary/aromatic N) is 3. The van der Waals surface area contributed by atoms with Gasteiger partial charge in [-0.05, 0) is 30.9 Å². The Balaban J connectivity index is 1.68. The van der Waals surface area contributed by atoms with Crippen LogP contribution in [0, 0.1) is 6.92 Å². The summed E-state index contributed by atoms with van der Waals surface area (Å²) < 4.78 is 0. The predicted molar refractivity (Wildman–Crippen MR) is 95.8 cm³/mol. The minimum atomic E-state index is -0.174. The molecular weight excluding hydrogens is 300 g/mol. The van der Waals surface area contributed by atoms with Crippen molar-refractivity contribution in [1.29, 1.82) is 0 Å². The number of aryl methyl sites for hydroxylation is 2. The molecule has 2 N–H and O–H groups in total. The fourth-order valence-corrected chi connectivity index (χ4v) is 3.17. The Kier molecular flexibility index (Phi) is 5.43. The van der Waals surface area contributed by atoms with E-state index in [0.29, 0.717) is 0 Å². The van der Waals surface area contributed by atoms with Gasteiger partial charge in [0.25, 0.3) is 0 Å².